The highest BCUT2D eigenvalue weighted by molar-refractivity contribution is 7.13. The van der Waals surface area contributed by atoms with Gasteiger partial charge in [0.05, 0.1) is 11.7 Å². The summed E-state index contributed by atoms with van der Waals surface area (Å²) in [6, 6.07) is 0.454. The molecule has 2 atom stereocenters. The van der Waals surface area contributed by atoms with Gasteiger partial charge in [0.15, 0.2) is 5.13 Å². The first kappa shape index (κ1) is 25.0. The van der Waals surface area contributed by atoms with E-state index in [2.05, 4.69) is 30.5 Å². The van der Waals surface area contributed by atoms with Crippen LogP contribution >= 0.6 is 11.3 Å². The molecule has 0 spiro atoms. The van der Waals surface area contributed by atoms with Gasteiger partial charge >= 0.3 is 12.1 Å². The van der Waals surface area contributed by atoms with Crippen molar-refractivity contribution in [3.05, 3.63) is 23.3 Å². The van der Waals surface area contributed by atoms with Crippen LogP contribution in [0.3, 0.4) is 0 Å². The fraction of sp³-hybridized carbons (Fsp3) is 0.591. The summed E-state index contributed by atoms with van der Waals surface area (Å²) in [6.45, 7) is 4.21. The molecule has 0 saturated carbocycles. The van der Waals surface area contributed by atoms with Gasteiger partial charge in [-0.1, -0.05) is 0 Å². The standard InChI is InChI=1S/C22H31FN8O3S/c1-14-13-35-20(25-14)28-21(32)30(3)17-12-31(11-7-16(17)23)19-24-8-4-18(26-19)27-22(33)34-15-5-9-29(2)10-6-15/h4,8,13,15-17H,5-7,9-12H2,1-3H3,(H,25,28,32)(H,24,26,27,33)/t16-,17+/m1/s1. The van der Waals surface area contributed by atoms with Gasteiger partial charge in [0, 0.05) is 44.8 Å². The first-order valence-corrected chi connectivity index (χ1v) is 12.5. The van der Waals surface area contributed by atoms with E-state index in [0.717, 1.165) is 31.6 Å². The summed E-state index contributed by atoms with van der Waals surface area (Å²) in [5, 5.41) is 7.68. The molecule has 2 N–H and O–H groups in total. The van der Waals surface area contributed by atoms with E-state index in [9.17, 15) is 14.0 Å². The van der Waals surface area contributed by atoms with Gasteiger partial charge in [-0.25, -0.2) is 23.9 Å². The van der Waals surface area contributed by atoms with E-state index in [1.54, 1.807) is 13.1 Å². The quantitative estimate of drug-likeness (QED) is 0.636. The van der Waals surface area contributed by atoms with E-state index in [4.69, 9.17) is 4.74 Å². The van der Waals surface area contributed by atoms with E-state index in [0.29, 0.717) is 23.4 Å². The third kappa shape index (κ3) is 6.54. The van der Waals surface area contributed by atoms with Crippen molar-refractivity contribution in [1.82, 2.24) is 24.8 Å². The fourth-order valence-electron chi connectivity index (χ4n) is 4.15. The minimum atomic E-state index is -1.19. The Morgan fingerprint density at radius 2 is 1.97 bits per heavy atom. The lowest BCUT2D eigenvalue weighted by Gasteiger charge is -2.39. The van der Waals surface area contributed by atoms with Crippen molar-refractivity contribution in [2.24, 2.45) is 0 Å². The predicted molar refractivity (Wildman–Crippen MR) is 132 cm³/mol. The average Bonchev–Trinajstić information content (AvgIpc) is 3.25. The van der Waals surface area contributed by atoms with Crippen molar-refractivity contribution in [3.63, 3.8) is 0 Å². The van der Waals surface area contributed by atoms with Crippen molar-refractivity contribution in [3.8, 4) is 0 Å². The number of hydrogen-bond donors (Lipinski definition) is 2. The maximum Gasteiger partial charge on any atom is 0.413 e. The molecule has 4 rings (SSSR count). The summed E-state index contributed by atoms with van der Waals surface area (Å²) in [5.41, 5.74) is 0.807. The van der Waals surface area contributed by atoms with Crippen molar-refractivity contribution >= 4 is 40.4 Å². The zero-order chi connectivity index (χ0) is 24.9. The highest BCUT2D eigenvalue weighted by atomic mass is 32.1. The number of aryl methyl sites for hydroxylation is 1. The van der Waals surface area contributed by atoms with Crippen LogP contribution in [0.2, 0.25) is 0 Å². The van der Waals surface area contributed by atoms with Gasteiger partial charge in [-0.2, -0.15) is 4.98 Å². The fourth-order valence-corrected chi connectivity index (χ4v) is 4.83. The van der Waals surface area contributed by atoms with Gasteiger partial charge in [0.25, 0.3) is 0 Å². The number of nitrogens with zero attached hydrogens (tertiary/aromatic N) is 6. The number of likely N-dealkylation sites (N-methyl/N-ethyl adjacent to an activating group) is 1. The molecule has 190 valence electrons. The molecule has 11 nitrogen and oxygen atoms in total. The number of carbonyl (C=O) groups excluding carboxylic acids is 2. The highest BCUT2D eigenvalue weighted by Gasteiger charge is 2.35. The number of amides is 3. The lowest BCUT2D eigenvalue weighted by molar-refractivity contribution is 0.0661. The maximum absolute atomic E-state index is 14.8. The van der Waals surface area contributed by atoms with E-state index in [1.807, 2.05) is 24.3 Å². The lowest BCUT2D eigenvalue weighted by Crippen LogP contribution is -2.55. The second-order valence-electron chi connectivity index (χ2n) is 8.93. The Morgan fingerprint density at radius 1 is 1.20 bits per heavy atom. The molecule has 2 saturated heterocycles. The number of aromatic nitrogens is 3. The molecular formula is C22H31FN8O3S. The van der Waals surface area contributed by atoms with Crippen molar-refractivity contribution < 1.29 is 18.7 Å². The number of rotatable bonds is 5. The number of piperidine rings is 2. The molecule has 0 bridgehead atoms. The molecule has 0 unspecified atom stereocenters. The molecule has 13 heteroatoms. The van der Waals surface area contributed by atoms with Crippen LogP contribution in [0.5, 0.6) is 0 Å². The number of hydrogen-bond acceptors (Lipinski definition) is 9. The molecule has 2 aromatic rings. The van der Waals surface area contributed by atoms with Crippen molar-refractivity contribution in [2.75, 3.05) is 55.8 Å². The smallest absolute Gasteiger partial charge is 0.413 e. The third-order valence-corrected chi connectivity index (χ3v) is 7.12. The minimum Gasteiger partial charge on any atom is -0.446 e. The van der Waals surface area contributed by atoms with Gasteiger partial charge < -0.3 is 19.4 Å². The zero-order valence-electron chi connectivity index (χ0n) is 20.1. The minimum absolute atomic E-state index is 0.119. The zero-order valence-corrected chi connectivity index (χ0v) is 20.9. The monoisotopic (exact) mass is 506 g/mol. The van der Waals surface area contributed by atoms with Gasteiger partial charge in [0.2, 0.25) is 5.95 Å². The molecule has 2 fully saturated rings. The second kappa shape index (κ2) is 11.1. The molecule has 3 amide bonds. The van der Waals surface area contributed by atoms with Crippen LogP contribution < -0.4 is 15.5 Å². The summed E-state index contributed by atoms with van der Waals surface area (Å²) < 4.78 is 20.3. The number of ether oxygens (including phenoxy) is 1. The normalized spacial score (nSPS) is 21.4. The molecule has 0 aliphatic carbocycles. The average molecular weight is 507 g/mol. The Morgan fingerprint density at radius 3 is 2.69 bits per heavy atom. The Hall–Kier alpha value is -3.06. The first-order valence-electron chi connectivity index (χ1n) is 11.6. The van der Waals surface area contributed by atoms with Gasteiger partial charge in [-0.15, -0.1) is 11.3 Å². The van der Waals surface area contributed by atoms with Crippen LogP contribution in [-0.2, 0) is 4.74 Å². The van der Waals surface area contributed by atoms with E-state index in [-0.39, 0.29) is 19.1 Å². The summed E-state index contributed by atoms with van der Waals surface area (Å²) in [5.74, 6) is 0.653. The van der Waals surface area contributed by atoms with Crippen molar-refractivity contribution in [2.45, 2.75) is 44.5 Å². The molecule has 35 heavy (non-hydrogen) atoms. The Kier molecular flexibility index (Phi) is 7.96. The lowest BCUT2D eigenvalue weighted by atomic mass is 10.0. The molecule has 0 radical (unpaired) electrons. The van der Waals surface area contributed by atoms with Crippen LogP contribution in [0.1, 0.15) is 25.0 Å². The number of urea groups is 1. The van der Waals surface area contributed by atoms with Crippen LogP contribution in [0, 0.1) is 6.92 Å². The molecule has 4 heterocycles. The van der Waals surface area contributed by atoms with E-state index < -0.39 is 24.3 Å². The molecule has 0 aromatic carbocycles. The van der Waals surface area contributed by atoms with Crippen LogP contribution in [-0.4, -0.2) is 95.5 Å². The largest absolute Gasteiger partial charge is 0.446 e. The molecule has 2 aliphatic rings. The summed E-state index contributed by atoms with van der Waals surface area (Å²) in [4.78, 5) is 43.3. The number of carbonyl (C=O) groups is 2. The maximum atomic E-state index is 14.8. The van der Waals surface area contributed by atoms with Crippen molar-refractivity contribution in [1.29, 1.82) is 0 Å². The van der Waals surface area contributed by atoms with E-state index in [1.165, 1.54) is 22.4 Å². The van der Waals surface area contributed by atoms with Crippen LogP contribution in [0.15, 0.2) is 17.6 Å². The van der Waals surface area contributed by atoms with Gasteiger partial charge in [-0.3, -0.25) is 10.6 Å². The number of thiazole rings is 1. The van der Waals surface area contributed by atoms with Gasteiger partial charge in [-0.05, 0) is 39.3 Å². The number of nitrogens with one attached hydrogen (secondary N) is 2. The third-order valence-electron chi connectivity index (χ3n) is 6.25. The molecule has 2 aromatic heterocycles. The molecular weight excluding hydrogens is 475 g/mol. The summed E-state index contributed by atoms with van der Waals surface area (Å²) in [7, 11) is 3.61. The Balaban J connectivity index is 1.35. The number of halogens is 1. The summed E-state index contributed by atoms with van der Waals surface area (Å²) >= 11 is 1.32. The Labute approximate surface area is 207 Å². The second-order valence-corrected chi connectivity index (χ2v) is 9.79. The predicted octanol–water partition coefficient (Wildman–Crippen LogP) is 2.96. The topological polar surface area (TPSA) is 116 Å². The molecule has 2 aliphatic heterocycles. The number of likely N-dealkylation sites (tertiary alicyclic amines) is 1. The van der Waals surface area contributed by atoms with Crippen LogP contribution in [0.4, 0.5) is 30.9 Å². The van der Waals surface area contributed by atoms with Crippen LogP contribution in [0.25, 0.3) is 0 Å². The first-order chi connectivity index (χ1) is 16.8. The number of anilines is 3. The van der Waals surface area contributed by atoms with Gasteiger partial charge in [0.1, 0.15) is 18.1 Å². The SMILES string of the molecule is Cc1csc(NC(=O)N(C)[C@H]2CN(c3nccc(NC(=O)OC4CCN(C)CC4)n3)CC[C@H]2F)n1. The summed E-state index contributed by atoms with van der Waals surface area (Å²) in [6.07, 6.45) is 1.48. The van der Waals surface area contributed by atoms with E-state index >= 15 is 0 Å². The number of alkyl halides is 1. The highest BCUT2D eigenvalue weighted by Crippen LogP contribution is 2.24. The Bertz CT molecular complexity index is 1030.